The Morgan fingerprint density at radius 3 is 2.19 bits per heavy atom. The van der Waals surface area contributed by atoms with Gasteiger partial charge in [-0.05, 0) is 49.2 Å². The van der Waals surface area contributed by atoms with Crippen molar-refractivity contribution in [2.45, 2.75) is 12.8 Å². The Labute approximate surface area is 158 Å². The number of anilines is 4. The fourth-order valence-corrected chi connectivity index (χ4v) is 3.09. The summed E-state index contributed by atoms with van der Waals surface area (Å²) in [5.74, 6) is 0.225. The van der Waals surface area contributed by atoms with Crippen LogP contribution < -0.4 is 15.5 Å². The molecule has 1 fully saturated rings. The Morgan fingerprint density at radius 2 is 1.52 bits per heavy atom. The van der Waals surface area contributed by atoms with Crippen LogP contribution in [-0.4, -0.2) is 29.0 Å². The predicted molar refractivity (Wildman–Crippen MR) is 108 cm³/mol. The van der Waals surface area contributed by atoms with Gasteiger partial charge in [0.15, 0.2) is 0 Å². The standard InChI is InChI=1S/C21H21N5O/c27-20(24-18-8-10-19(11-9-18)26-12-4-5-13-26)16-14-22-21(23-15-16)25-17-6-2-1-3-7-17/h1-3,6-11,14-15H,4-5,12-13H2,(H,24,27)(H,22,23,25). The number of carbonyl (C=O) groups is 1. The molecule has 1 aliphatic heterocycles. The average Bonchev–Trinajstić information content (AvgIpc) is 3.25. The highest BCUT2D eigenvalue weighted by Crippen LogP contribution is 2.22. The normalized spacial score (nSPS) is 13.4. The maximum Gasteiger partial charge on any atom is 0.258 e. The minimum absolute atomic E-state index is 0.227. The van der Waals surface area contributed by atoms with Gasteiger partial charge in [0, 0.05) is 42.5 Å². The lowest BCUT2D eigenvalue weighted by atomic mass is 10.2. The fourth-order valence-electron chi connectivity index (χ4n) is 3.09. The molecule has 27 heavy (non-hydrogen) atoms. The zero-order valence-corrected chi connectivity index (χ0v) is 14.9. The minimum atomic E-state index is -0.227. The summed E-state index contributed by atoms with van der Waals surface area (Å²) in [7, 11) is 0. The lowest BCUT2D eigenvalue weighted by Crippen LogP contribution is -2.17. The molecule has 0 bridgehead atoms. The van der Waals surface area contributed by atoms with Crippen molar-refractivity contribution in [3.05, 3.63) is 72.6 Å². The van der Waals surface area contributed by atoms with Crippen LogP contribution in [-0.2, 0) is 0 Å². The molecule has 1 amide bonds. The molecular weight excluding hydrogens is 338 g/mol. The summed E-state index contributed by atoms with van der Waals surface area (Å²) >= 11 is 0. The zero-order chi connectivity index (χ0) is 18.5. The van der Waals surface area contributed by atoms with Crippen LogP contribution in [0.15, 0.2) is 67.0 Å². The third-order valence-corrected chi connectivity index (χ3v) is 4.54. The fraction of sp³-hybridized carbons (Fsp3) is 0.190. The molecule has 0 saturated carbocycles. The minimum Gasteiger partial charge on any atom is -0.372 e. The maximum atomic E-state index is 12.4. The SMILES string of the molecule is O=C(Nc1ccc(N2CCCC2)cc1)c1cnc(Nc2ccccc2)nc1. The maximum absolute atomic E-state index is 12.4. The predicted octanol–water partition coefficient (Wildman–Crippen LogP) is 4.07. The van der Waals surface area contributed by atoms with Gasteiger partial charge in [-0.2, -0.15) is 0 Å². The molecule has 2 heterocycles. The largest absolute Gasteiger partial charge is 0.372 e. The number of hydrogen-bond donors (Lipinski definition) is 2. The van der Waals surface area contributed by atoms with E-state index in [9.17, 15) is 4.79 Å². The highest BCUT2D eigenvalue weighted by atomic mass is 16.1. The van der Waals surface area contributed by atoms with Crippen molar-refractivity contribution in [1.82, 2.24) is 9.97 Å². The number of amides is 1. The van der Waals surface area contributed by atoms with Crippen LogP contribution in [0.2, 0.25) is 0 Å². The van der Waals surface area contributed by atoms with Crippen LogP contribution in [0.4, 0.5) is 23.0 Å². The van der Waals surface area contributed by atoms with Crippen molar-refractivity contribution in [3.8, 4) is 0 Å². The molecule has 2 N–H and O–H groups in total. The van der Waals surface area contributed by atoms with Gasteiger partial charge in [-0.1, -0.05) is 18.2 Å². The third kappa shape index (κ3) is 4.23. The van der Waals surface area contributed by atoms with Gasteiger partial charge in [0.25, 0.3) is 5.91 Å². The van der Waals surface area contributed by atoms with E-state index in [0.717, 1.165) is 24.5 Å². The molecule has 0 unspecified atom stereocenters. The van der Waals surface area contributed by atoms with Gasteiger partial charge in [0.1, 0.15) is 0 Å². The van der Waals surface area contributed by atoms with E-state index in [1.807, 2.05) is 54.6 Å². The molecular formula is C21H21N5O. The van der Waals surface area contributed by atoms with E-state index in [1.54, 1.807) is 0 Å². The van der Waals surface area contributed by atoms with Crippen molar-refractivity contribution in [2.24, 2.45) is 0 Å². The molecule has 6 heteroatoms. The number of hydrogen-bond acceptors (Lipinski definition) is 5. The number of rotatable bonds is 5. The molecule has 136 valence electrons. The lowest BCUT2D eigenvalue weighted by molar-refractivity contribution is 0.102. The van der Waals surface area contributed by atoms with Gasteiger partial charge in [-0.3, -0.25) is 4.79 Å². The molecule has 4 rings (SSSR count). The van der Waals surface area contributed by atoms with E-state index >= 15 is 0 Å². The Balaban J connectivity index is 1.37. The van der Waals surface area contributed by atoms with E-state index in [0.29, 0.717) is 11.5 Å². The van der Waals surface area contributed by atoms with Crippen molar-refractivity contribution < 1.29 is 4.79 Å². The first-order valence-electron chi connectivity index (χ1n) is 9.08. The van der Waals surface area contributed by atoms with E-state index < -0.39 is 0 Å². The molecule has 0 atom stereocenters. The third-order valence-electron chi connectivity index (χ3n) is 4.54. The van der Waals surface area contributed by atoms with Gasteiger partial charge < -0.3 is 15.5 Å². The van der Waals surface area contributed by atoms with Crippen molar-refractivity contribution >= 4 is 28.9 Å². The van der Waals surface area contributed by atoms with Gasteiger partial charge >= 0.3 is 0 Å². The summed E-state index contributed by atoms with van der Waals surface area (Å²) in [5, 5.41) is 5.98. The second kappa shape index (κ2) is 7.86. The number of aromatic nitrogens is 2. The van der Waals surface area contributed by atoms with Crippen LogP contribution in [0, 0.1) is 0 Å². The van der Waals surface area contributed by atoms with Crippen LogP contribution in [0.1, 0.15) is 23.2 Å². The number of para-hydroxylation sites is 1. The number of nitrogens with one attached hydrogen (secondary N) is 2. The van der Waals surface area contributed by atoms with Crippen LogP contribution in [0.5, 0.6) is 0 Å². The summed E-state index contributed by atoms with van der Waals surface area (Å²) in [6.07, 6.45) is 5.53. The molecule has 0 aliphatic carbocycles. The van der Waals surface area contributed by atoms with Gasteiger partial charge in [0.05, 0.1) is 5.56 Å². The van der Waals surface area contributed by atoms with Crippen LogP contribution >= 0.6 is 0 Å². The van der Waals surface area contributed by atoms with Crippen molar-refractivity contribution in [1.29, 1.82) is 0 Å². The first-order valence-corrected chi connectivity index (χ1v) is 9.08. The highest BCUT2D eigenvalue weighted by Gasteiger charge is 2.12. The lowest BCUT2D eigenvalue weighted by Gasteiger charge is -2.17. The Hall–Kier alpha value is -3.41. The Bertz CT molecular complexity index is 888. The second-order valence-corrected chi connectivity index (χ2v) is 6.48. The summed E-state index contributed by atoms with van der Waals surface area (Å²) in [6.45, 7) is 2.21. The smallest absolute Gasteiger partial charge is 0.258 e. The molecule has 0 radical (unpaired) electrons. The van der Waals surface area contributed by atoms with Crippen LogP contribution in [0.3, 0.4) is 0 Å². The number of nitrogens with zero attached hydrogens (tertiary/aromatic N) is 3. The molecule has 1 aromatic heterocycles. The molecule has 0 spiro atoms. The molecule has 1 aliphatic rings. The van der Waals surface area contributed by atoms with Crippen molar-refractivity contribution in [3.63, 3.8) is 0 Å². The zero-order valence-electron chi connectivity index (χ0n) is 14.9. The van der Waals surface area contributed by atoms with Crippen LogP contribution in [0.25, 0.3) is 0 Å². The molecule has 3 aromatic rings. The van der Waals surface area contributed by atoms with E-state index in [4.69, 9.17) is 0 Å². The van der Waals surface area contributed by atoms with E-state index in [2.05, 4.69) is 25.5 Å². The Kier molecular flexibility index (Phi) is 4.96. The topological polar surface area (TPSA) is 70.2 Å². The second-order valence-electron chi connectivity index (χ2n) is 6.48. The van der Waals surface area contributed by atoms with Gasteiger partial charge in [-0.15, -0.1) is 0 Å². The molecule has 6 nitrogen and oxygen atoms in total. The van der Waals surface area contributed by atoms with E-state index in [-0.39, 0.29) is 5.91 Å². The summed E-state index contributed by atoms with van der Waals surface area (Å²) in [4.78, 5) is 23.2. The van der Waals surface area contributed by atoms with E-state index in [1.165, 1.54) is 30.9 Å². The van der Waals surface area contributed by atoms with Crippen molar-refractivity contribution in [2.75, 3.05) is 28.6 Å². The van der Waals surface area contributed by atoms with Gasteiger partial charge in [-0.25, -0.2) is 9.97 Å². The first kappa shape index (κ1) is 17.0. The number of carbonyl (C=O) groups excluding carboxylic acids is 1. The molecule has 2 aromatic carbocycles. The number of benzene rings is 2. The highest BCUT2D eigenvalue weighted by molar-refractivity contribution is 6.04. The first-order chi connectivity index (χ1) is 13.3. The summed E-state index contributed by atoms with van der Waals surface area (Å²) in [6, 6.07) is 17.6. The monoisotopic (exact) mass is 359 g/mol. The summed E-state index contributed by atoms with van der Waals surface area (Å²) in [5.41, 5.74) is 3.27. The summed E-state index contributed by atoms with van der Waals surface area (Å²) < 4.78 is 0. The quantitative estimate of drug-likeness (QED) is 0.718. The Morgan fingerprint density at radius 1 is 0.852 bits per heavy atom. The average molecular weight is 359 g/mol. The molecule has 1 saturated heterocycles. The van der Waals surface area contributed by atoms with Gasteiger partial charge in [0.2, 0.25) is 5.95 Å².